The number of morpholine rings is 1. The highest BCUT2D eigenvalue weighted by molar-refractivity contribution is 5.73. The first-order chi connectivity index (χ1) is 14.1. The Hall–Kier alpha value is -2.40. The molecular formula is C19H26F3N3O5. The van der Waals surface area contributed by atoms with Crippen molar-refractivity contribution in [1.82, 2.24) is 14.4 Å². The molecule has 0 atom stereocenters. The fraction of sp³-hybridized carbons (Fsp3) is 0.632. The number of pyridine rings is 1. The summed E-state index contributed by atoms with van der Waals surface area (Å²) in [4.78, 5) is 37.1. The molecule has 2 aliphatic heterocycles. The zero-order valence-corrected chi connectivity index (χ0v) is 16.8. The Labute approximate surface area is 171 Å². The molecule has 0 saturated carbocycles. The minimum atomic E-state index is -5.08. The molecule has 3 rings (SSSR count). The summed E-state index contributed by atoms with van der Waals surface area (Å²) in [5.41, 5.74) is 2.37. The third-order valence-electron chi connectivity index (χ3n) is 5.09. The van der Waals surface area contributed by atoms with Gasteiger partial charge in [-0.1, -0.05) is 6.07 Å². The number of carboxylic acid groups (broad SMARTS) is 1. The molecule has 0 aliphatic carbocycles. The SMILES string of the molecule is CC(=O)N1CCc2ccc(=O)n(CCN3CCOCC3)c2CC1.O=C(O)C(F)(F)F. The van der Waals surface area contributed by atoms with Crippen LogP contribution in [-0.4, -0.2) is 83.5 Å². The van der Waals surface area contributed by atoms with Gasteiger partial charge in [0.25, 0.3) is 5.56 Å². The number of hydrogen-bond donors (Lipinski definition) is 1. The van der Waals surface area contributed by atoms with Crippen LogP contribution in [0.25, 0.3) is 0 Å². The summed E-state index contributed by atoms with van der Waals surface area (Å²) in [5.74, 6) is -2.65. The van der Waals surface area contributed by atoms with Crippen molar-refractivity contribution in [3.05, 3.63) is 33.7 Å². The van der Waals surface area contributed by atoms with Crippen molar-refractivity contribution < 1.29 is 32.6 Å². The van der Waals surface area contributed by atoms with E-state index in [1.165, 1.54) is 5.56 Å². The van der Waals surface area contributed by atoms with Crippen LogP contribution >= 0.6 is 0 Å². The Balaban J connectivity index is 0.000000396. The number of carbonyl (C=O) groups is 2. The Morgan fingerprint density at radius 3 is 2.23 bits per heavy atom. The van der Waals surface area contributed by atoms with Crippen molar-refractivity contribution >= 4 is 11.9 Å². The largest absolute Gasteiger partial charge is 0.490 e. The van der Waals surface area contributed by atoms with Crippen molar-refractivity contribution in [3.63, 3.8) is 0 Å². The Kier molecular flexibility index (Phi) is 8.42. The second-order valence-electron chi connectivity index (χ2n) is 7.06. The average molecular weight is 433 g/mol. The number of alkyl halides is 3. The highest BCUT2D eigenvalue weighted by Gasteiger charge is 2.38. The van der Waals surface area contributed by atoms with Crippen LogP contribution in [0.1, 0.15) is 18.2 Å². The van der Waals surface area contributed by atoms with E-state index < -0.39 is 12.1 Å². The number of aliphatic carboxylic acids is 1. The number of fused-ring (bicyclic) bond motifs is 1. The summed E-state index contributed by atoms with van der Waals surface area (Å²) >= 11 is 0. The van der Waals surface area contributed by atoms with Crippen LogP contribution in [0.2, 0.25) is 0 Å². The number of halogens is 3. The molecule has 30 heavy (non-hydrogen) atoms. The molecule has 168 valence electrons. The topological polar surface area (TPSA) is 92.1 Å². The molecule has 3 heterocycles. The Bertz CT molecular complexity index is 804. The number of hydrogen-bond acceptors (Lipinski definition) is 5. The predicted octanol–water partition coefficient (Wildman–Crippen LogP) is 0.761. The molecule has 1 aromatic rings. The molecule has 1 fully saturated rings. The van der Waals surface area contributed by atoms with Gasteiger partial charge in [0.15, 0.2) is 0 Å². The van der Waals surface area contributed by atoms with Crippen molar-refractivity contribution in [1.29, 1.82) is 0 Å². The molecule has 8 nitrogen and oxygen atoms in total. The summed E-state index contributed by atoms with van der Waals surface area (Å²) < 4.78 is 39.0. The molecular weight excluding hydrogens is 407 g/mol. The van der Waals surface area contributed by atoms with Crippen LogP contribution in [-0.2, 0) is 33.7 Å². The molecule has 0 aromatic carbocycles. The van der Waals surface area contributed by atoms with E-state index in [1.807, 2.05) is 15.5 Å². The van der Waals surface area contributed by atoms with Gasteiger partial charge < -0.3 is 19.3 Å². The van der Waals surface area contributed by atoms with Gasteiger partial charge in [0, 0.05) is 64.4 Å². The highest BCUT2D eigenvalue weighted by atomic mass is 19.4. The second kappa shape index (κ2) is 10.6. The molecule has 0 unspecified atom stereocenters. The van der Waals surface area contributed by atoms with Crippen molar-refractivity contribution in [2.75, 3.05) is 45.9 Å². The summed E-state index contributed by atoms with van der Waals surface area (Å²) in [7, 11) is 0. The summed E-state index contributed by atoms with van der Waals surface area (Å²) in [6.45, 7) is 8.04. The number of nitrogens with zero attached hydrogens (tertiary/aromatic N) is 3. The Morgan fingerprint density at radius 1 is 1.07 bits per heavy atom. The smallest absolute Gasteiger partial charge is 0.475 e. The van der Waals surface area contributed by atoms with Crippen LogP contribution in [0.3, 0.4) is 0 Å². The Morgan fingerprint density at radius 2 is 1.67 bits per heavy atom. The fourth-order valence-electron chi connectivity index (χ4n) is 3.42. The lowest BCUT2D eigenvalue weighted by Gasteiger charge is -2.27. The summed E-state index contributed by atoms with van der Waals surface area (Å²) in [6, 6.07) is 3.61. The van der Waals surface area contributed by atoms with Gasteiger partial charge >= 0.3 is 12.1 Å². The number of ether oxygens (including phenoxy) is 1. The van der Waals surface area contributed by atoms with Crippen LogP contribution in [0.15, 0.2) is 16.9 Å². The molecule has 1 saturated heterocycles. The van der Waals surface area contributed by atoms with Gasteiger partial charge in [-0.25, -0.2) is 4.79 Å². The van der Waals surface area contributed by atoms with Crippen LogP contribution in [0.5, 0.6) is 0 Å². The molecule has 0 spiro atoms. The second-order valence-corrected chi connectivity index (χ2v) is 7.06. The average Bonchev–Trinajstić information content (AvgIpc) is 2.91. The van der Waals surface area contributed by atoms with E-state index >= 15 is 0 Å². The molecule has 11 heteroatoms. The molecule has 0 bridgehead atoms. The molecule has 2 aliphatic rings. The van der Waals surface area contributed by atoms with Gasteiger partial charge in [0.2, 0.25) is 5.91 Å². The normalized spacial score (nSPS) is 17.4. The number of carboxylic acids is 1. The van der Waals surface area contributed by atoms with E-state index in [0.29, 0.717) is 13.1 Å². The first-order valence-electron chi connectivity index (χ1n) is 9.67. The maximum atomic E-state index is 12.3. The quantitative estimate of drug-likeness (QED) is 0.757. The van der Waals surface area contributed by atoms with Crippen molar-refractivity contribution in [3.8, 4) is 0 Å². The minimum absolute atomic E-state index is 0.0632. The van der Waals surface area contributed by atoms with Crippen molar-refractivity contribution in [2.24, 2.45) is 0 Å². The number of aromatic nitrogens is 1. The molecule has 1 N–H and O–H groups in total. The number of carbonyl (C=O) groups excluding carboxylic acids is 1. The highest BCUT2D eigenvalue weighted by Crippen LogP contribution is 2.15. The summed E-state index contributed by atoms with van der Waals surface area (Å²) in [5, 5.41) is 7.12. The van der Waals surface area contributed by atoms with E-state index in [9.17, 15) is 22.8 Å². The van der Waals surface area contributed by atoms with Crippen LogP contribution in [0.4, 0.5) is 13.2 Å². The van der Waals surface area contributed by atoms with E-state index in [0.717, 1.165) is 57.9 Å². The summed E-state index contributed by atoms with van der Waals surface area (Å²) in [6.07, 6.45) is -3.50. The van der Waals surface area contributed by atoms with Gasteiger partial charge in [0.05, 0.1) is 13.2 Å². The minimum Gasteiger partial charge on any atom is -0.475 e. The number of amides is 1. The molecule has 0 radical (unpaired) electrons. The third kappa shape index (κ3) is 6.84. The lowest BCUT2D eigenvalue weighted by atomic mass is 10.1. The lowest BCUT2D eigenvalue weighted by Crippen LogP contribution is -2.39. The van der Waals surface area contributed by atoms with Gasteiger partial charge in [-0.15, -0.1) is 0 Å². The van der Waals surface area contributed by atoms with E-state index in [4.69, 9.17) is 14.6 Å². The van der Waals surface area contributed by atoms with E-state index in [1.54, 1.807) is 13.0 Å². The predicted molar refractivity (Wildman–Crippen MR) is 101 cm³/mol. The number of rotatable bonds is 3. The molecule has 1 amide bonds. The first-order valence-corrected chi connectivity index (χ1v) is 9.67. The van der Waals surface area contributed by atoms with Gasteiger partial charge in [-0.2, -0.15) is 13.2 Å². The van der Waals surface area contributed by atoms with Crippen molar-refractivity contribution in [2.45, 2.75) is 32.5 Å². The third-order valence-corrected chi connectivity index (χ3v) is 5.09. The van der Waals surface area contributed by atoms with Crippen LogP contribution in [0, 0.1) is 0 Å². The van der Waals surface area contributed by atoms with E-state index in [-0.39, 0.29) is 11.5 Å². The van der Waals surface area contributed by atoms with Gasteiger partial charge in [-0.3, -0.25) is 14.5 Å². The van der Waals surface area contributed by atoms with E-state index in [2.05, 4.69) is 4.90 Å². The standard InChI is InChI=1S/C17H25N3O3.C2HF3O2/c1-14(21)19-6-4-15-2-3-17(22)20(16(15)5-7-19)9-8-18-10-12-23-13-11-18;3-2(4,5)1(6)7/h2-3H,4-13H2,1H3;(H,6,7). The van der Waals surface area contributed by atoms with Gasteiger partial charge in [0.1, 0.15) is 0 Å². The first kappa shape index (κ1) is 23.9. The lowest BCUT2D eigenvalue weighted by molar-refractivity contribution is -0.192. The van der Waals surface area contributed by atoms with Crippen LogP contribution < -0.4 is 5.56 Å². The fourth-order valence-corrected chi connectivity index (χ4v) is 3.42. The maximum absolute atomic E-state index is 12.3. The maximum Gasteiger partial charge on any atom is 0.490 e. The molecule has 1 aromatic heterocycles. The van der Waals surface area contributed by atoms with Gasteiger partial charge in [-0.05, 0) is 12.0 Å². The zero-order valence-electron chi connectivity index (χ0n) is 16.8. The zero-order chi connectivity index (χ0) is 22.3. The monoisotopic (exact) mass is 433 g/mol.